The van der Waals surface area contributed by atoms with Crippen LogP contribution in [0.25, 0.3) is 0 Å². The molecule has 2 heterocycles. The van der Waals surface area contributed by atoms with Crippen LogP contribution in [0.2, 0.25) is 0 Å². The molecule has 2 bridgehead atoms. The Morgan fingerprint density at radius 2 is 1.70 bits per heavy atom. The van der Waals surface area contributed by atoms with Crippen LogP contribution in [0.4, 0.5) is 4.39 Å². The topological polar surface area (TPSA) is 41.1 Å². The summed E-state index contributed by atoms with van der Waals surface area (Å²) in [7, 11) is 0. The molecule has 4 rings (SSSR count). The van der Waals surface area contributed by atoms with Crippen molar-refractivity contribution in [3.63, 3.8) is 0 Å². The largest absolute Gasteiger partial charge is 0.345 e. The quantitative estimate of drug-likeness (QED) is 0.798. The van der Waals surface area contributed by atoms with Gasteiger partial charge >= 0.3 is 0 Å². The minimum absolute atomic E-state index is 0. The number of fused-ring (bicyclic) bond motifs is 2. The van der Waals surface area contributed by atoms with Gasteiger partial charge < -0.3 is 10.6 Å². The predicted molar refractivity (Wildman–Crippen MR) is 107 cm³/mol. The normalized spacial score (nSPS) is 24.7. The van der Waals surface area contributed by atoms with Crippen molar-refractivity contribution in [1.29, 1.82) is 0 Å². The first-order chi connectivity index (χ1) is 12.7. The van der Waals surface area contributed by atoms with Gasteiger partial charge in [-0.2, -0.15) is 0 Å². The highest BCUT2D eigenvalue weighted by atomic mass is 35.5. The summed E-state index contributed by atoms with van der Waals surface area (Å²) in [6.45, 7) is 0. The number of hydrogen-bond acceptors (Lipinski definition) is 2. The highest BCUT2D eigenvalue weighted by Gasteiger charge is 2.34. The molecule has 0 spiro atoms. The molecular weight excluding hydrogens is 363 g/mol. The van der Waals surface area contributed by atoms with Gasteiger partial charge in [-0.1, -0.05) is 42.5 Å². The van der Waals surface area contributed by atoms with E-state index in [4.69, 9.17) is 0 Å². The fourth-order valence-corrected chi connectivity index (χ4v) is 4.51. The minimum Gasteiger partial charge on any atom is -0.345 e. The number of piperidine rings is 1. The highest BCUT2D eigenvalue weighted by Crippen LogP contribution is 2.33. The van der Waals surface area contributed by atoms with E-state index in [1.165, 1.54) is 25.0 Å². The summed E-state index contributed by atoms with van der Waals surface area (Å²) in [6.07, 6.45) is 5.19. The van der Waals surface area contributed by atoms with E-state index in [9.17, 15) is 9.18 Å². The van der Waals surface area contributed by atoms with Crippen molar-refractivity contribution in [2.45, 2.75) is 50.2 Å². The molecular formula is C22H26ClFN2O. The second-order valence-electron chi connectivity index (χ2n) is 7.65. The third kappa shape index (κ3) is 4.88. The van der Waals surface area contributed by atoms with E-state index in [0.717, 1.165) is 24.0 Å². The molecule has 2 fully saturated rings. The summed E-state index contributed by atoms with van der Waals surface area (Å²) in [5, 5.41) is 6.77. The molecule has 144 valence electrons. The van der Waals surface area contributed by atoms with Gasteiger partial charge in [-0.05, 0) is 54.9 Å². The SMILES string of the molecule is Cl.O=C(CC1CC2CCC(C1)N2)NC(c1ccccc1)c1cccc(F)c1. The fourth-order valence-electron chi connectivity index (χ4n) is 4.51. The van der Waals surface area contributed by atoms with Crippen LogP contribution in [-0.4, -0.2) is 18.0 Å². The van der Waals surface area contributed by atoms with E-state index in [1.54, 1.807) is 6.07 Å². The molecule has 0 aromatic heterocycles. The van der Waals surface area contributed by atoms with E-state index in [2.05, 4.69) is 10.6 Å². The number of amides is 1. The predicted octanol–water partition coefficient (Wildman–Crippen LogP) is 4.37. The summed E-state index contributed by atoms with van der Waals surface area (Å²) < 4.78 is 13.7. The molecule has 2 aliphatic heterocycles. The van der Waals surface area contributed by atoms with Gasteiger partial charge in [-0.25, -0.2) is 4.39 Å². The molecule has 3 atom stereocenters. The number of benzene rings is 2. The monoisotopic (exact) mass is 388 g/mol. The van der Waals surface area contributed by atoms with Gasteiger partial charge in [0.2, 0.25) is 5.91 Å². The minimum atomic E-state index is -0.321. The number of carbonyl (C=O) groups is 1. The second-order valence-corrected chi connectivity index (χ2v) is 7.65. The lowest BCUT2D eigenvalue weighted by molar-refractivity contribution is -0.122. The summed E-state index contributed by atoms with van der Waals surface area (Å²) in [5.41, 5.74) is 1.74. The van der Waals surface area contributed by atoms with E-state index < -0.39 is 0 Å². The molecule has 2 aliphatic rings. The van der Waals surface area contributed by atoms with Crippen LogP contribution in [-0.2, 0) is 4.79 Å². The third-order valence-corrected chi connectivity index (χ3v) is 5.67. The Morgan fingerprint density at radius 3 is 2.37 bits per heavy atom. The maximum Gasteiger partial charge on any atom is 0.221 e. The van der Waals surface area contributed by atoms with Crippen LogP contribution in [0.1, 0.15) is 49.3 Å². The van der Waals surface area contributed by atoms with Gasteiger partial charge in [0.15, 0.2) is 0 Å². The van der Waals surface area contributed by atoms with Crippen molar-refractivity contribution in [1.82, 2.24) is 10.6 Å². The van der Waals surface area contributed by atoms with Crippen LogP contribution >= 0.6 is 12.4 Å². The van der Waals surface area contributed by atoms with Gasteiger partial charge in [0, 0.05) is 18.5 Å². The van der Waals surface area contributed by atoms with Crippen molar-refractivity contribution in [2.24, 2.45) is 5.92 Å². The van der Waals surface area contributed by atoms with Crippen LogP contribution in [0.3, 0.4) is 0 Å². The first-order valence-corrected chi connectivity index (χ1v) is 9.53. The Morgan fingerprint density at radius 1 is 1.04 bits per heavy atom. The molecule has 3 nitrogen and oxygen atoms in total. The lowest BCUT2D eigenvalue weighted by Crippen LogP contribution is -2.40. The molecule has 0 aliphatic carbocycles. The van der Waals surface area contributed by atoms with Crippen LogP contribution in [0.15, 0.2) is 54.6 Å². The van der Waals surface area contributed by atoms with E-state index in [0.29, 0.717) is 24.4 Å². The molecule has 1 amide bonds. The summed E-state index contributed by atoms with van der Waals surface area (Å²) >= 11 is 0. The van der Waals surface area contributed by atoms with Crippen molar-refractivity contribution >= 4 is 18.3 Å². The highest BCUT2D eigenvalue weighted by molar-refractivity contribution is 5.85. The van der Waals surface area contributed by atoms with Crippen molar-refractivity contribution in [3.05, 3.63) is 71.5 Å². The number of nitrogens with one attached hydrogen (secondary N) is 2. The number of hydrogen-bond donors (Lipinski definition) is 2. The zero-order chi connectivity index (χ0) is 17.9. The average Bonchev–Trinajstić information content (AvgIpc) is 2.99. The van der Waals surface area contributed by atoms with Gasteiger partial charge in [0.1, 0.15) is 5.82 Å². The fraction of sp³-hybridized carbons (Fsp3) is 0.409. The molecule has 5 heteroatoms. The van der Waals surface area contributed by atoms with Crippen molar-refractivity contribution in [2.75, 3.05) is 0 Å². The molecule has 2 saturated heterocycles. The Kier molecular flexibility index (Phi) is 6.51. The molecule has 3 unspecified atom stereocenters. The van der Waals surface area contributed by atoms with Crippen LogP contribution in [0.5, 0.6) is 0 Å². The smallest absolute Gasteiger partial charge is 0.221 e. The summed E-state index contributed by atoms with van der Waals surface area (Å²) in [5.74, 6) is 0.208. The Balaban J connectivity index is 0.00000210. The molecule has 2 N–H and O–H groups in total. The van der Waals surface area contributed by atoms with Crippen LogP contribution in [0, 0.1) is 11.7 Å². The second kappa shape index (κ2) is 8.85. The maximum atomic E-state index is 13.7. The first-order valence-electron chi connectivity index (χ1n) is 9.53. The van der Waals surface area contributed by atoms with Gasteiger partial charge in [-0.3, -0.25) is 4.79 Å². The summed E-state index contributed by atoms with van der Waals surface area (Å²) in [6, 6.07) is 17.1. The number of rotatable bonds is 5. The van der Waals surface area contributed by atoms with Gasteiger partial charge in [0.25, 0.3) is 0 Å². The lowest BCUT2D eigenvalue weighted by atomic mass is 9.89. The first kappa shape index (κ1) is 19.8. The van der Waals surface area contributed by atoms with E-state index in [-0.39, 0.29) is 30.2 Å². The number of halogens is 2. The van der Waals surface area contributed by atoms with Crippen molar-refractivity contribution in [3.8, 4) is 0 Å². The zero-order valence-electron chi connectivity index (χ0n) is 15.2. The van der Waals surface area contributed by atoms with E-state index in [1.807, 2.05) is 36.4 Å². The van der Waals surface area contributed by atoms with Crippen LogP contribution < -0.4 is 10.6 Å². The molecule has 27 heavy (non-hydrogen) atoms. The van der Waals surface area contributed by atoms with Crippen molar-refractivity contribution < 1.29 is 9.18 Å². The summed E-state index contributed by atoms with van der Waals surface area (Å²) in [4.78, 5) is 12.8. The molecule has 0 saturated carbocycles. The Labute approximate surface area is 166 Å². The molecule has 0 radical (unpaired) electrons. The Bertz CT molecular complexity index is 758. The standard InChI is InChI=1S/C22H25FN2O.ClH/c23-18-8-4-7-17(14-18)22(16-5-2-1-3-6-16)25-21(26)13-15-11-19-9-10-20(12-15)24-19;/h1-8,14-15,19-20,22,24H,9-13H2,(H,25,26);1H. The zero-order valence-corrected chi connectivity index (χ0v) is 16.1. The molecule has 2 aromatic rings. The number of carbonyl (C=O) groups excluding carboxylic acids is 1. The van der Waals surface area contributed by atoms with E-state index >= 15 is 0 Å². The van der Waals surface area contributed by atoms with Gasteiger partial charge in [0.05, 0.1) is 6.04 Å². The van der Waals surface area contributed by atoms with Gasteiger partial charge in [-0.15, -0.1) is 12.4 Å². The maximum absolute atomic E-state index is 13.7. The molecule has 2 aromatic carbocycles. The average molecular weight is 389 g/mol. The Hall–Kier alpha value is -1.91. The lowest BCUT2D eigenvalue weighted by Gasteiger charge is -2.29. The third-order valence-electron chi connectivity index (χ3n) is 5.67.